The number of aromatic nitrogens is 1. The number of hydrogen-bond acceptors (Lipinski definition) is 3. The van der Waals surface area contributed by atoms with Crippen LogP contribution in [0.25, 0.3) is 10.9 Å². The van der Waals surface area contributed by atoms with Gasteiger partial charge in [0.15, 0.2) is 0 Å². The first-order chi connectivity index (χ1) is 8.74. The van der Waals surface area contributed by atoms with Crippen LogP contribution in [0, 0.1) is 5.92 Å². The van der Waals surface area contributed by atoms with Gasteiger partial charge in [-0.3, -0.25) is 0 Å². The number of nitrogens with zero attached hydrogens (tertiary/aromatic N) is 1. The maximum Gasteiger partial charge on any atom is 0.338 e. The minimum absolute atomic E-state index is 0.312. The Hall–Kier alpha value is -1.61. The van der Waals surface area contributed by atoms with E-state index in [2.05, 4.69) is 4.98 Å². The summed E-state index contributed by atoms with van der Waals surface area (Å²) in [7, 11) is 0. The third-order valence-electron chi connectivity index (χ3n) is 3.05. The summed E-state index contributed by atoms with van der Waals surface area (Å²) in [6.07, 6.45) is 2.32. The SMILES string of the molecule is O=C(OCC1CC1)c1cc(Cl)nc2ccccc12. The van der Waals surface area contributed by atoms with E-state index in [1.54, 1.807) is 6.07 Å². The van der Waals surface area contributed by atoms with Crippen LogP contribution < -0.4 is 0 Å². The number of hydrogen-bond donors (Lipinski definition) is 0. The highest BCUT2D eigenvalue weighted by Crippen LogP contribution is 2.29. The van der Waals surface area contributed by atoms with Gasteiger partial charge in [0, 0.05) is 5.39 Å². The summed E-state index contributed by atoms with van der Waals surface area (Å²) < 4.78 is 5.29. The highest BCUT2D eigenvalue weighted by Gasteiger charge is 2.24. The fraction of sp³-hybridized carbons (Fsp3) is 0.286. The smallest absolute Gasteiger partial charge is 0.338 e. The van der Waals surface area contributed by atoms with E-state index >= 15 is 0 Å². The van der Waals surface area contributed by atoms with Crippen molar-refractivity contribution in [2.24, 2.45) is 5.92 Å². The number of fused-ring (bicyclic) bond motifs is 1. The Balaban J connectivity index is 1.95. The van der Waals surface area contributed by atoms with Gasteiger partial charge in [-0.2, -0.15) is 0 Å². The highest BCUT2D eigenvalue weighted by molar-refractivity contribution is 6.30. The van der Waals surface area contributed by atoms with E-state index in [9.17, 15) is 4.79 Å². The molecule has 0 spiro atoms. The molecule has 2 aromatic rings. The van der Waals surface area contributed by atoms with Crippen LogP contribution in [-0.2, 0) is 4.74 Å². The Bertz CT molecular complexity index is 608. The molecule has 3 nitrogen and oxygen atoms in total. The second-order valence-corrected chi connectivity index (χ2v) is 4.94. The molecule has 0 atom stereocenters. The minimum Gasteiger partial charge on any atom is -0.462 e. The minimum atomic E-state index is -0.317. The lowest BCUT2D eigenvalue weighted by atomic mass is 10.1. The Morgan fingerprint density at radius 2 is 2.17 bits per heavy atom. The molecule has 4 heteroatoms. The lowest BCUT2D eigenvalue weighted by Crippen LogP contribution is -2.08. The molecule has 92 valence electrons. The van der Waals surface area contributed by atoms with Gasteiger partial charge in [-0.05, 0) is 30.9 Å². The van der Waals surface area contributed by atoms with Crippen molar-refractivity contribution in [2.45, 2.75) is 12.8 Å². The van der Waals surface area contributed by atoms with E-state index in [0.29, 0.717) is 28.8 Å². The van der Waals surface area contributed by atoms with Crippen molar-refractivity contribution in [1.29, 1.82) is 0 Å². The van der Waals surface area contributed by atoms with Crippen LogP contribution in [0.1, 0.15) is 23.2 Å². The van der Waals surface area contributed by atoms with E-state index in [-0.39, 0.29) is 5.97 Å². The maximum atomic E-state index is 12.0. The van der Waals surface area contributed by atoms with Crippen LogP contribution in [0.5, 0.6) is 0 Å². The van der Waals surface area contributed by atoms with E-state index in [0.717, 1.165) is 18.2 Å². The molecule has 0 saturated heterocycles. The third kappa shape index (κ3) is 2.31. The van der Waals surface area contributed by atoms with Crippen molar-refractivity contribution in [3.8, 4) is 0 Å². The number of pyridine rings is 1. The number of para-hydroxylation sites is 1. The molecule has 18 heavy (non-hydrogen) atoms. The first-order valence-electron chi connectivity index (χ1n) is 5.96. The lowest BCUT2D eigenvalue weighted by Gasteiger charge is -2.07. The van der Waals surface area contributed by atoms with Crippen molar-refractivity contribution in [2.75, 3.05) is 6.61 Å². The fourth-order valence-corrected chi connectivity index (χ4v) is 2.07. The molecule has 1 aliphatic rings. The van der Waals surface area contributed by atoms with Crippen molar-refractivity contribution in [1.82, 2.24) is 4.98 Å². The first kappa shape index (κ1) is 11.5. The predicted octanol–water partition coefficient (Wildman–Crippen LogP) is 3.46. The van der Waals surface area contributed by atoms with Gasteiger partial charge in [0.1, 0.15) is 5.15 Å². The second kappa shape index (κ2) is 4.58. The van der Waals surface area contributed by atoms with Gasteiger partial charge in [0.25, 0.3) is 0 Å². The van der Waals surface area contributed by atoms with Crippen molar-refractivity contribution in [3.63, 3.8) is 0 Å². The number of carbonyl (C=O) groups excluding carboxylic acids is 1. The number of carbonyl (C=O) groups is 1. The van der Waals surface area contributed by atoms with E-state index in [4.69, 9.17) is 16.3 Å². The van der Waals surface area contributed by atoms with Gasteiger partial charge in [-0.15, -0.1) is 0 Å². The van der Waals surface area contributed by atoms with Crippen molar-refractivity contribution >= 4 is 28.5 Å². The molecule has 1 aliphatic carbocycles. The number of ether oxygens (including phenoxy) is 1. The number of benzene rings is 1. The summed E-state index contributed by atoms with van der Waals surface area (Å²) in [5.41, 5.74) is 1.20. The summed E-state index contributed by atoms with van der Waals surface area (Å²) in [6, 6.07) is 8.99. The molecule has 0 amide bonds. The van der Waals surface area contributed by atoms with Crippen molar-refractivity contribution < 1.29 is 9.53 Å². The second-order valence-electron chi connectivity index (χ2n) is 4.55. The van der Waals surface area contributed by atoms with Gasteiger partial charge in [-0.1, -0.05) is 29.8 Å². The standard InChI is InChI=1S/C14H12ClNO2/c15-13-7-11(14(17)18-8-9-5-6-9)10-3-1-2-4-12(10)16-13/h1-4,7,9H,5-6,8H2. The maximum absolute atomic E-state index is 12.0. The van der Waals surface area contributed by atoms with E-state index < -0.39 is 0 Å². The lowest BCUT2D eigenvalue weighted by molar-refractivity contribution is 0.0488. The third-order valence-corrected chi connectivity index (χ3v) is 3.25. The molecule has 0 unspecified atom stereocenters. The van der Waals surface area contributed by atoms with Crippen LogP contribution in [0.15, 0.2) is 30.3 Å². The Morgan fingerprint density at radius 3 is 2.94 bits per heavy atom. The highest BCUT2D eigenvalue weighted by atomic mass is 35.5. The Morgan fingerprint density at radius 1 is 1.39 bits per heavy atom. The predicted molar refractivity (Wildman–Crippen MR) is 69.8 cm³/mol. The molecule has 1 heterocycles. The van der Waals surface area contributed by atoms with Gasteiger partial charge in [0.05, 0.1) is 17.7 Å². The molecular formula is C14H12ClNO2. The average Bonchev–Trinajstić information content (AvgIpc) is 3.19. The number of esters is 1. The molecule has 0 aliphatic heterocycles. The molecule has 1 fully saturated rings. The Kier molecular flexibility index (Phi) is 2.92. The molecule has 0 bridgehead atoms. The van der Waals surface area contributed by atoms with Crippen LogP contribution in [0.4, 0.5) is 0 Å². The number of halogens is 1. The molecule has 0 N–H and O–H groups in total. The quantitative estimate of drug-likeness (QED) is 0.627. The van der Waals surface area contributed by atoms with E-state index in [1.807, 2.05) is 24.3 Å². The van der Waals surface area contributed by atoms with Gasteiger partial charge < -0.3 is 4.74 Å². The molecule has 1 aromatic carbocycles. The number of rotatable bonds is 3. The summed E-state index contributed by atoms with van der Waals surface area (Å²) in [4.78, 5) is 16.2. The summed E-state index contributed by atoms with van der Waals surface area (Å²) in [5, 5.41) is 1.09. The zero-order chi connectivity index (χ0) is 12.5. The zero-order valence-electron chi connectivity index (χ0n) is 9.73. The van der Waals surface area contributed by atoms with Crippen molar-refractivity contribution in [3.05, 3.63) is 41.0 Å². The molecular weight excluding hydrogens is 250 g/mol. The van der Waals surface area contributed by atoms with Crippen LogP contribution in [-0.4, -0.2) is 17.6 Å². The monoisotopic (exact) mass is 261 g/mol. The topological polar surface area (TPSA) is 39.2 Å². The normalized spacial score (nSPS) is 14.7. The molecule has 3 rings (SSSR count). The molecule has 1 aromatic heterocycles. The largest absolute Gasteiger partial charge is 0.462 e. The van der Waals surface area contributed by atoms with E-state index in [1.165, 1.54) is 0 Å². The fourth-order valence-electron chi connectivity index (χ4n) is 1.87. The van der Waals surface area contributed by atoms with Gasteiger partial charge in [-0.25, -0.2) is 9.78 Å². The van der Waals surface area contributed by atoms with Crippen LogP contribution in [0.2, 0.25) is 5.15 Å². The van der Waals surface area contributed by atoms with Gasteiger partial charge >= 0.3 is 5.97 Å². The van der Waals surface area contributed by atoms with Crippen LogP contribution in [0.3, 0.4) is 0 Å². The van der Waals surface area contributed by atoms with Gasteiger partial charge in [0.2, 0.25) is 0 Å². The molecule has 0 radical (unpaired) electrons. The summed E-state index contributed by atoms with van der Waals surface area (Å²) in [6.45, 7) is 0.507. The Labute approximate surface area is 110 Å². The van der Waals surface area contributed by atoms with Crippen LogP contribution >= 0.6 is 11.6 Å². The molecule has 1 saturated carbocycles. The average molecular weight is 262 g/mol. The zero-order valence-corrected chi connectivity index (χ0v) is 10.5. The summed E-state index contributed by atoms with van der Waals surface area (Å²) in [5.74, 6) is 0.236. The first-order valence-corrected chi connectivity index (χ1v) is 6.34. The summed E-state index contributed by atoms with van der Waals surface area (Å²) >= 11 is 5.92.